The fraction of sp³-hybridized carbons (Fsp3) is 0.510. The van der Waals surface area contributed by atoms with Gasteiger partial charge in [-0.15, -0.1) is 0 Å². The predicted octanol–water partition coefficient (Wildman–Crippen LogP) is 8.29. The van der Waals surface area contributed by atoms with Crippen molar-refractivity contribution >= 4 is 5.69 Å². The van der Waals surface area contributed by atoms with Crippen molar-refractivity contribution in [3.63, 3.8) is 0 Å². The molecule has 5 atom stereocenters. The number of benzene rings is 4. The predicted molar refractivity (Wildman–Crippen MR) is 230 cm³/mol. The number of anilines is 1. The van der Waals surface area contributed by atoms with E-state index in [1.165, 1.54) is 24.7 Å². The van der Waals surface area contributed by atoms with E-state index in [9.17, 15) is 20.4 Å². The summed E-state index contributed by atoms with van der Waals surface area (Å²) in [6.45, 7) is 7.67. The monoisotopic (exact) mass is 820 g/mol. The molecule has 5 aliphatic rings. The number of hydrogen-bond acceptors (Lipinski definition) is 11. The van der Waals surface area contributed by atoms with E-state index in [4.69, 9.17) is 23.7 Å². The zero-order valence-electron chi connectivity index (χ0n) is 35.5. The van der Waals surface area contributed by atoms with E-state index in [1.807, 2.05) is 12.1 Å². The van der Waals surface area contributed by atoms with Gasteiger partial charge in [-0.25, -0.2) is 0 Å². The van der Waals surface area contributed by atoms with Crippen LogP contribution in [0.25, 0.3) is 11.1 Å². The molecule has 1 saturated carbocycles. The van der Waals surface area contributed by atoms with Gasteiger partial charge in [0.05, 0.1) is 39.1 Å². The molecule has 0 bridgehead atoms. The molecule has 0 spiro atoms. The number of aliphatic hydroxyl groups is 3. The molecular weight excluding hydrogens is 761 g/mol. The Balaban J connectivity index is 1.06. The summed E-state index contributed by atoms with van der Waals surface area (Å²) < 4.78 is 31.5. The summed E-state index contributed by atoms with van der Waals surface area (Å²) >= 11 is 0. The Morgan fingerprint density at radius 3 is 2.38 bits per heavy atom. The van der Waals surface area contributed by atoms with Crippen LogP contribution in [0.5, 0.6) is 34.5 Å². The number of methoxy groups -OCH3 is 2. The highest BCUT2D eigenvalue weighted by molar-refractivity contribution is 5.93. The number of phenolic OH excluding ortho intramolecular Hbond substituents is 1. The van der Waals surface area contributed by atoms with Gasteiger partial charge < -0.3 is 49.4 Å². The summed E-state index contributed by atoms with van der Waals surface area (Å²) in [5, 5.41) is 53.3. The van der Waals surface area contributed by atoms with Crippen LogP contribution in [0.2, 0.25) is 0 Å². The third-order valence-corrected chi connectivity index (χ3v) is 14.2. The van der Waals surface area contributed by atoms with Gasteiger partial charge in [-0.05, 0) is 90.8 Å². The third-order valence-electron chi connectivity index (χ3n) is 14.2. The second-order valence-electron chi connectivity index (χ2n) is 18.1. The van der Waals surface area contributed by atoms with Crippen LogP contribution in [0.1, 0.15) is 129 Å². The molecule has 60 heavy (non-hydrogen) atoms. The molecule has 0 saturated heterocycles. The van der Waals surface area contributed by atoms with Crippen LogP contribution in [0.4, 0.5) is 5.69 Å². The van der Waals surface area contributed by atoms with Crippen molar-refractivity contribution in [1.82, 2.24) is 5.32 Å². The molecule has 320 valence electrons. The van der Waals surface area contributed by atoms with E-state index in [-0.39, 0.29) is 54.3 Å². The van der Waals surface area contributed by atoms with E-state index in [1.54, 1.807) is 19.2 Å². The molecule has 11 heteroatoms. The van der Waals surface area contributed by atoms with Crippen molar-refractivity contribution in [2.75, 3.05) is 45.9 Å². The maximum absolute atomic E-state index is 12.5. The highest BCUT2D eigenvalue weighted by atomic mass is 16.5. The molecule has 1 fully saturated rings. The Morgan fingerprint density at radius 1 is 0.883 bits per heavy atom. The lowest BCUT2D eigenvalue weighted by Gasteiger charge is -2.42. The number of fused-ring (bicyclic) bond motifs is 3. The number of rotatable bonds is 12. The molecule has 0 radical (unpaired) electrons. The summed E-state index contributed by atoms with van der Waals surface area (Å²) in [4.78, 5) is 0. The van der Waals surface area contributed by atoms with Crippen LogP contribution in [0.3, 0.4) is 0 Å². The van der Waals surface area contributed by atoms with Gasteiger partial charge in [0.25, 0.3) is 0 Å². The van der Waals surface area contributed by atoms with Crippen molar-refractivity contribution in [1.29, 1.82) is 0 Å². The Labute approximate surface area is 353 Å². The van der Waals surface area contributed by atoms with E-state index < -0.39 is 24.0 Å². The van der Waals surface area contributed by atoms with Gasteiger partial charge in [-0.2, -0.15) is 0 Å². The standard InChI is InChI=1S/C49H60N2O9/c1-6-50-49(17-10-7-11-18-49)60-38-23-36(56-4)31-14-15-32-41-35(51-47(55)44(38)43(31)41)22-37-42(32)45(53)33(26-59-37)27-20-39(57-5)46(54)40(21-27)58-25-28(24-52)29-16-19-48(2,3)34-13-9-8-12-30(29)34/h8-9,12-13,20-23,28-29,33,45,47,50-55H,6-7,10-11,14-19,24-26H2,1-5H3/t28-,29-,33-,45-,47+/m0/s1. The Morgan fingerprint density at radius 2 is 1.63 bits per heavy atom. The summed E-state index contributed by atoms with van der Waals surface area (Å²) in [6, 6.07) is 15.8. The first-order chi connectivity index (χ1) is 29.0. The molecule has 6 N–H and O–H groups in total. The number of aliphatic hydroxyl groups excluding tert-OH is 3. The SMILES string of the molecule is CCNC1(Oc2cc(OC)c3c4c2[C@@H](O)Nc2cc5c(c(c2-4)CC3)[C@@H](O)[C@H](c2cc(OC)c(O)c(OC[C@H](CO)[C@@H]3CCC(C)(C)c4ccccc43)c2)CO5)CCCCC1. The number of phenols is 1. The zero-order valence-corrected chi connectivity index (χ0v) is 35.5. The molecule has 2 heterocycles. The first-order valence-corrected chi connectivity index (χ1v) is 21.9. The highest BCUT2D eigenvalue weighted by Crippen LogP contribution is 2.58. The van der Waals surface area contributed by atoms with Gasteiger partial charge in [-0.1, -0.05) is 51.5 Å². The number of hydrogen-bond donors (Lipinski definition) is 6. The van der Waals surface area contributed by atoms with Gasteiger partial charge in [0.15, 0.2) is 23.5 Å². The second-order valence-corrected chi connectivity index (χ2v) is 18.1. The van der Waals surface area contributed by atoms with Crippen molar-refractivity contribution in [2.45, 2.75) is 114 Å². The molecule has 3 aliphatic carbocycles. The highest BCUT2D eigenvalue weighted by Gasteiger charge is 2.43. The average Bonchev–Trinajstić information content (AvgIpc) is 3.24. The minimum atomic E-state index is -1.03. The smallest absolute Gasteiger partial charge is 0.200 e. The molecule has 2 aliphatic heterocycles. The Hall–Kier alpha value is -4.68. The minimum absolute atomic E-state index is 0.0464. The third kappa shape index (κ3) is 6.82. The lowest BCUT2D eigenvalue weighted by molar-refractivity contribution is -0.00334. The number of nitrogens with one attached hydrogen (secondary N) is 2. The number of aromatic hydroxyl groups is 1. The molecule has 4 aromatic rings. The lowest BCUT2D eigenvalue weighted by Crippen LogP contribution is -2.51. The largest absolute Gasteiger partial charge is 0.502 e. The van der Waals surface area contributed by atoms with Crippen LogP contribution >= 0.6 is 0 Å². The molecule has 0 aromatic heterocycles. The molecule has 0 amide bonds. The van der Waals surface area contributed by atoms with Crippen LogP contribution in [-0.2, 0) is 18.3 Å². The van der Waals surface area contributed by atoms with Crippen molar-refractivity contribution in [3.05, 3.63) is 87.5 Å². The van der Waals surface area contributed by atoms with Crippen LogP contribution < -0.4 is 34.3 Å². The fourth-order valence-corrected chi connectivity index (χ4v) is 11.1. The van der Waals surface area contributed by atoms with Crippen LogP contribution in [-0.4, -0.2) is 66.7 Å². The maximum Gasteiger partial charge on any atom is 0.200 e. The Kier molecular flexibility index (Phi) is 10.8. The van der Waals surface area contributed by atoms with Crippen molar-refractivity contribution in [2.24, 2.45) is 5.92 Å². The molecular formula is C49H60N2O9. The number of ether oxygens (including phenoxy) is 5. The first kappa shape index (κ1) is 40.7. The minimum Gasteiger partial charge on any atom is -0.502 e. The van der Waals surface area contributed by atoms with Crippen LogP contribution in [0.15, 0.2) is 48.5 Å². The van der Waals surface area contributed by atoms with E-state index in [0.717, 1.165) is 73.0 Å². The Bertz CT molecular complexity index is 2260. The molecule has 11 nitrogen and oxygen atoms in total. The fourth-order valence-electron chi connectivity index (χ4n) is 11.1. The first-order valence-electron chi connectivity index (χ1n) is 21.9. The summed E-state index contributed by atoms with van der Waals surface area (Å²) in [5.74, 6) is 1.55. The zero-order chi connectivity index (χ0) is 41.9. The molecule has 9 rings (SSSR count). The van der Waals surface area contributed by atoms with Gasteiger partial charge in [-0.3, -0.25) is 5.32 Å². The molecule has 0 unspecified atom stereocenters. The maximum atomic E-state index is 12.5. The molecule has 4 aromatic carbocycles. The van der Waals surface area contributed by atoms with Gasteiger partial charge in [0, 0.05) is 71.4 Å². The van der Waals surface area contributed by atoms with E-state index in [2.05, 4.69) is 55.7 Å². The summed E-state index contributed by atoms with van der Waals surface area (Å²) in [5.41, 5.74) is 8.61. The normalized spacial score (nSPS) is 23.5. The average molecular weight is 821 g/mol. The van der Waals surface area contributed by atoms with Crippen molar-refractivity contribution in [3.8, 4) is 45.6 Å². The van der Waals surface area contributed by atoms with Gasteiger partial charge in [0.1, 0.15) is 17.2 Å². The topological polar surface area (TPSA) is 151 Å². The van der Waals surface area contributed by atoms with E-state index >= 15 is 0 Å². The summed E-state index contributed by atoms with van der Waals surface area (Å²) in [6.07, 6.45) is 6.18. The summed E-state index contributed by atoms with van der Waals surface area (Å²) in [7, 11) is 3.17. The second kappa shape index (κ2) is 16.0. The van der Waals surface area contributed by atoms with E-state index in [0.29, 0.717) is 46.8 Å². The van der Waals surface area contributed by atoms with Gasteiger partial charge in [0.2, 0.25) is 5.75 Å². The lowest BCUT2D eigenvalue weighted by atomic mass is 9.66. The van der Waals surface area contributed by atoms with Crippen molar-refractivity contribution < 1.29 is 44.1 Å². The quantitative estimate of drug-likeness (QED) is 0.0767. The van der Waals surface area contributed by atoms with Crippen LogP contribution in [0, 0.1) is 5.92 Å². The van der Waals surface area contributed by atoms with Gasteiger partial charge >= 0.3 is 0 Å².